The Morgan fingerprint density at radius 1 is 1.04 bits per heavy atom. The van der Waals surface area contributed by atoms with E-state index >= 15 is 0 Å². The number of aromatic amines is 2. The average molecular weight is 304 g/mol. The predicted octanol–water partition coefficient (Wildman–Crippen LogP) is 3.56. The summed E-state index contributed by atoms with van der Waals surface area (Å²) >= 11 is 0. The van der Waals surface area contributed by atoms with E-state index in [4.69, 9.17) is 4.74 Å². The highest BCUT2D eigenvalue weighted by molar-refractivity contribution is 5.76. The van der Waals surface area contributed by atoms with Crippen LogP contribution in [0.4, 0.5) is 0 Å². The quantitative estimate of drug-likeness (QED) is 0.565. The lowest BCUT2D eigenvalue weighted by molar-refractivity contribution is 0.111. The van der Waals surface area contributed by atoms with Crippen molar-refractivity contribution in [1.29, 1.82) is 0 Å². The van der Waals surface area contributed by atoms with Crippen LogP contribution in [0.15, 0.2) is 55.0 Å². The molecule has 0 aliphatic heterocycles. The van der Waals surface area contributed by atoms with E-state index < -0.39 is 0 Å². The number of fused-ring (bicyclic) bond motifs is 1. The Morgan fingerprint density at radius 2 is 1.96 bits per heavy atom. The van der Waals surface area contributed by atoms with E-state index in [0.29, 0.717) is 23.0 Å². The van der Waals surface area contributed by atoms with Gasteiger partial charge in [0.1, 0.15) is 17.3 Å². The zero-order chi connectivity index (χ0) is 15.6. The molecule has 0 spiro atoms. The molecule has 2 aromatic carbocycles. The van der Waals surface area contributed by atoms with Crippen LogP contribution in [-0.2, 0) is 0 Å². The smallest absolute Gasteiger partial charge is 0.167 e. The summed E-state index contributed by atoms with van der Waals surface area (Å²) in [5.41, 5.74) is 3.09. The van der Waals surface area contributed by atoms with Gasteiger partial charge in [0, 0.05) is 11.6 Å². The van der Waals surface area contributed by atoms with Gasteiger partial charge in [-0.15, -0.1) is 0 Å². The van der Waals surface area contributed by atoms with Gasteiger partial charge in [-0.25, -0.2) is 9.97 Å². The summed E-state index contributed by atoms with van der Waals surface area (Å²) in [5.74, 6) is 2.01. The third-order valence-electron chi connectivity index (χ3n) is 3.46. The second-order valence-electron chi connectivity index (χ2n) is 5.02. The number of aldehydes is 1. The molecule has 0 bridgehead atoms. The Hall–Kier alpha value is -3.41. The first-order valence-corrected chi connectivity index (χ1v) is 7.03. The Kier molecular flexibility index (Phi) is 3.12. The van der Waals surface area contributed by atoms with Gasteiger partial charge in [-0.1, -0.05) is 12.1 Å². The number of imidazole rings is 2. The van der Waals surface area contributed by atoms with Gasteiger partial charge in [-0.2, -0.15) is 0 Å². The maximum atomic E-state index is 10.7. The molecular formula is C17H12N4O2. The summed E-state index contributed by atoms with van der Waals surface area (Å²) in [7, 11) is 0. The van der Waals surface area contributed by atoms with Crippen LogP contribution in [0, 0.1) is 0 Å². The van der Waals surface area contributed by atoms with Crippen LogP contribution in [0.2, 0.25) is 0 Å². The van der Waals surface area contributed by atoms with Gasteiger partial charge in [0.05, 0.1) is 29.3 Å². The van der Waals surface area contributed by atoms with Crippen molar-refractivity contribution in [2.75, 3.05) is 0 Å². The molecule has 0 fully saturated rings. The number of hydrogen-bond donors (Lipinski definition) is 2. The van der Waals surface area contributed by atoms with Crippen molar-refractivity contribution in [3.8, 4) is 22.9 Å². The van der Waals surface area contributed by atoms with Gasteiger partial charge in [-0.05, 0) is 24.3 Å². The zero-order valence-corrected chi connectivity index (χ0v) is 12.0. The first kappa shape index (κ1) is 13.3. The fraction of sp³-hybridized carbons (Fsp3) is 0. The molecule has 0 radical (unpaired) electrons. The Labute approximate surface area is 131 Å². The summed E-state index contributed by atoms with van der Waals surface area (Å²) in [6.07, 6.45) is 3.88. The van der Waals surface area contributed by atoms with E-state index in [0.717, 1.165) is 22.9 Å². The van der Waals surface area contributed by atoms with E-state index in [2.05, 4.69) is 19.9 Å². The average Bonchev–Trinajstić information content (AvgIpc) is 3.24. The van der Waals surface area contributed by atoms with Crippen LogP contribution < -0.4 is 4.74 Å². The van der Waals surface area contributed by atoms with Gasteiger partial charge in [0.25, 0.3) is 0 Å². The van der Waals surface area contributed by atoms with Crippen LogP contribution in [0.3, 0.4) is 0 Å². The van der Waals surface area contributed by atoms with Gasteiger partial charge >= 0.3 is 0 Å². The molecule has 112 valence electrons. The fourth-order valence-corrected chi connectivity index (χ4v) is 2.36. The fourth-order valence-electron chi connectivity index (χ4n) is 2.36. The van der Waals surface area contributed by atoms with Gasteiger partial charge in [0.2, 0.25) is 0 Å². The lowest BCUT2D eigenvalue weighted by atomic mass is 10.2. The minimum absolute atomic E-state index is 0.440. The lowest BCUT2D eigenvalue weighted by Gasteiger charge is -2.07. The lowest BCUT2D eigenvalue weighted by Crippen LogP contribution is -1.87. The molecule has 0 amide bonds. The van der Waals surface area contributed by atoms with Gasteiger partial charge < -0.3 is 14.7 Å². The molecule has 4 aromatic rings. The Bertz CT molecular complexity index is 987. The maximum absolute atomic E-state index is 10.7. The van der Waals surface area contributed by atoms with E-state index in [1.54, 1.807) is 6.33 Å². The molecule has 23 heavy (non-hydrogen) atoms. The molecule has 2 heterocycles. The van der Waals surface area contributed by atoms with Crippen molar-refractivity contribution in [1.82, 2.24) is 19.9 Å². The minimum Gasteiger partial charge on any atom is -0.457 e. The van der Waals surface area contributed by atoms with E-state index in [-0.39, 0.29) is 0 Å². The number of carbonyl (C=O) groups excluding carboxylic acids is 1. The van der Waals surface area contributed by atoms with Crippen molar-refractivity contribution in [3.05, 3.63) is 60.7 Å². The number of benzene rings is 2. The maximum Gasteiger partial charge on any atom is 0.167 e. The van der Waals surface area contributed by atoms with Gasteiger partial charge in [-0.3, -0.25) is 4.79 Å². The van der Waals surface area contributed by atoms with Gasteiger partial charge in [0.15, 0.2) is 6.29 Å². The van der Waals surface area contributed by atoms with E-state index in [1.165, 1.54) is 6.20 Å². The summed E-state index contributed by atoms with van der Waals surface area (Å²) in [4.78, 5) is 25.1. The molecule has 2 N–H and O–H groups in total. The van der Waals surface area contributed by atoms with Crippen molar-refractivity contribution >= 4 is 17.3 Å². The topological polar surface area (TPSA) is 83.7 Å². The summed E-state index contributed by atoms with van der Waals surface area (Å²) in [5, 5.41) is 0. The van der Waals surface area contributed by atoms with E-state index in [9.17, 15) is 4.79 Å². The standard InChI is InChI=1S/C17H12N4O2/c22-9-12-8-18-17(21-12)11-2-1-3-13(6-11)23-14-4-5-15-16(7-14)20-10-19-15/h1-10H,(H,18,21)(H,19,20). The second-order valence-corrected chi connectivity index (χ2v) is 5.02. The summed E-state index contributed by atoms with van der Waals surface area (Å²) in [6.45, 7) is 0. The molecular weight excluding hydrogens is 292 g/mol. The number of nitrogens with one attached hydrogen (secondary N) is 2. The van der Waals surface area contributed by atoms with Crippen LogP contribution in [0.1, 0.15) is 10.5 Å². The number of carbonyl (C=O) groups is 1. The molecule has 2 aromatic heterocycles. The van der Waals surface area contributed by atoms with Crippen LogP contribution in [-0.4, -0.2) is 26.2 Å². The highest BCUT2D eigenvalue weighted by atomic mass is 16.5. The molecule has 0 aliphatic carbocycles. The molecule has 6 heteroatoms. The summed E-state index contributed by atoms with van der Waals surface area (Å²) < 4.78 is 5.89. The SMILES string of the molecule is O=Cc1cnc(-c2cccc(Oc3ccc4[nH]cnc4c3)c2)[nH]1. The van der Waals surface area contributed by atoms with Crippen molar-refractivity contribution in [2.24, 2.45) is 0 Å². The molecule has 4 rings (SSSR count). The predicted molar refractivity (Wildman–Crippen MR) is 85.6 cm³/mol. The zero-order valence-electron chi connectivity index (χ0n) is 12.0. The number of ether oxygens (including phenoxy) is 1. The molecule has 0 saturated heterocycles. The number of H-pyrrole nitrogens is 2. The van der Waals surface area contributed by atoms with Crippen LogP contribution >= 0.6 is 0 Å². The van der Waals surface area contributed by atoms with E-state index in [1.807, 2.05) is 42.5 Å². The van der Waals surface area contributed by atoms with Crippen molar-refractivity contribution in [3.63, 3.8) is 0 Å². The molecule has 0 saturated carbocycles. The number of hydrogen-bond acceptors (Lipinski definition) is 4. The Balaban J connectivity index is 1.63. The highest BCUT2D eigenvalue weighted by Crippen LogP contribution is 2.27. The summed E-state index contributed by atoms with van der Waals surface area (Å²) in [6, 6.07) is 13.2. The van der Waals surface area contributed by atoms with Crippen LogP contribution in [0.25, 0.3) is 22.4 Å². The molecule has 0 aliphatic rings. The largest absolute Gasteiger partial charge is 0.457 e. The highest BCUT2D eigenvalue weighted by Gasteiger charge is 2.06. The monoisotopic (exact) mass is 304 g/mol. The normalized spacial score (nSPS) is 10.8. The Morgan fingerprint density at radius 3 is 2.83 bits per heavy atom. The third kappa shape index (κ3) is 2.57. The second kappa shape index (κ2) is 5.42. The number of nitrogens with zero attached hydrogens (tertiary/aromatic N) is 2. The van der Waals surface area contributed by atoms with Crippen LogP contribution in [0.5, 0.6) is 11.5 Å². The first-order valence-electron chi connectivity index (χ1n) is 7.03. The molecule has 0 unspecified atom stereocenters. The first-order chi connectivity index (χ1) is 11.3. The third-order valence-corrected chi connectivity index (χ3v) is 3.46. The number of aromatic nitrogens is 4. The van der Waals surface area contributed by atoms with Crippen molar-refractivity contribution in [2.45, 2.75) is 0 Å². The minimum atomic E-state index is 0.440. The molecule has 0 atom stereocenters. The van der Waals surface area contributed by atoms with Crippen molar-refractivity contribution < 1.29 is 9.53 Å². The number of rotatable bonds is 4. The molecule has 6 nitrogen and oxygen atoms in total.